The predicted octanol–water partition coefficient (Wildman–Crippen LogP) is 2.38. The van der Waals surface area contributed by atoms with Gasteiger partial charge in [-0.15, -0.1) is 11.3 Å². The van der Waals surface area contributed by atoms with Gasteiger partial charge in [-0.05, 0) is 20.8 Å². The molecule has 1 unspecified atom stereocenters. The molecule has 2 nitrogen and oxygen atoms in total. The van der Waals surface area contributed by atoms with Gasteiger partial charge in [0.15, 0.2) is 0 Å². The lowest BCUT2D eigenvalue weighted by atomic mass is 10.2. The molecular weight excluding hydrogens is 187 g/mol. The highest BCUT2D eigenvalue weighted by Crippen LogP contribution is 2.23. The van der Waals surface area contributed by atoms with Gasteiger partial charge < -0.3 is 5.32 Å². The molecule has 0 aromatic carbocycles. The van der Waals surface area contributed by atoms with Crippen molar-refractivity contribution in [2.24, 2.45) is 0 Å². The summed E-state index contributed by atoms with van der Waals surface area (Å²) in [5, 5.41) is 4.17. The number of rotatable bonds is 4. The summed E-state index contributed by atoms with van der Waals surface area (Å²) in [6.07, 6.45) is 0. The maximum atomic E-state index is 11.9. The normalized spacial score (nSPS) is 13.2. The van der Waals surface area contributed by atoms with E-state index in [0.717, 1.165) is 10.7 Å². The molecule has 0 bridgehead atoms. The van der Waals surface area contributed by atoms with Gasteiger partial charge in [-0.3, -0.25) is 0 Å². The minimum Gasteiger partial charge on any atom is -0.307 e. The zero-order valence-corrected chi connectivity index (χ0v) is 9.04. The first-order chi connectivity index (χ1) is 6.15. The van der Waals surface area contributed by atoms with Crippen LogP contribution in [-0.2, 0) is 0 Å². The second-order valence-corrected chi connectivity index (χ2v) is 4.28. The average molecular weight is 202 g/mol. The zero-order valence-electron chi connectivity index (χ0n) is 8.22. The summed E-state index contributed by atoms with van der Waals surface area (Å²) in [4.78, 5) is 5.54. The molecule has 0 aliphatic rings. The van der Waals surface area contributed by atoms with Crippen LogP contribution in [0.4, 0.5) is 4.39 Å². The Balaban J connectivity index is 2.64. The number of alkyl halides is 1. The molecule has 74 valence electrons. The second-order valence-electron chi connectivity index (χ2n) is 3.05. The molecule has 1 rings (SSSR count). The first-order valence-electron chi connectivity index (χ1n) is 4.38. The van der Waals surface area contributed by atoms with Crippen molar-refractivity contribution in [1.82, 2.24) is 10.3 Å². The molecule has 1 heterocycles. The molecular formula is C9H15FN2S. The number of thiazole rings is 1. The fraction of sp³-hybridized carbons (Fsp3) is 0.667. The van der Waals surface area contributed by atoms with Crippen LogP contribution in [0.5, 0.6) is 0 Å². The topological polar surface area (TPSA) is 24.9 Å². The first kappa shape index (κ1) is 10.6. The molecule has 0 aliphatic carbocycles. The van der Waals surface area contributed by atoms with Crippen molar-refractivity contribution in [2.45, 2.75) is 26.8 Å². The zero-order chi connectivity index (χ0) is 9.84. The second kappa shape index (κ2) is 4.67. The van der Waals surface area contributed by atoms with E-state index in [1.807, 2.05) is 20.8 Å². The molecule has 1 aromatic rings. The molecule has 0 aliphatic heterocycles. The molecule has 0 radical (unpaired) electrons. The maximum absolute atomic E-state index is 11.9. The van der Waals surface area contributed by atoms with E-state index in [9.17, 15) is 4.39 Å². The van der Waals surface area contributed by atoms with E-state index >= 15 is 0 Å². The molecule has 13 heavy (non-hydrogen) atoms. The van der Waals surface area contributed by atoms with Crippen LogP contribution in [0.1, 0.15) is 28.5 Å². The van der Waals surface area contributed by atoms with Gasteiger partial charge in [0, 0.05) is 17.5 Å². The van der Waals surface area contributed by atoms with Crippen molar-refractivity contribution in [2.75, 3.05) is 13.2 Å². The number of hydrogen-bond acceptors (Lipinski definition) is 3. The fourth-order valence-electron chi connectivity index (χ4n) is 1.31. The van der Waals surface area contributed by atoms with Crippen molar-refractivity contribution in [3.63, 3.8) is 0 Å². The van der Waals surface area contributed by atoms with Crippen LogP contribution in [0.2, 0.25) is 0 Å². The summed E-state index contributed by atoms with van der Waals surface area (Å²) in [5.41, 5.74) is 1.06. The van der Waals surface area contributed by atoms with Crippen LogP contribution in [-0.4, -0.2) is 18.2 Å². The molecule has 0 amide bonds. The minimum atomic E-state index is -0.318. The Bertz CT molecular complexity index is 273. The summed E-state index contributed by atoms with van der Waals surface area (Å²) >= 11 is 1.68. The maximum Gasteiger partial charge on any atom is 0.102 e. The van der Waals surface area contributed by atoms with Crippen LogP contribution < -0.4 is 5.32 Å². The quantitative estimate of drug-likeness (QED) is 0.811. The fourth-order valence-corrected chi connectivity index (χ4v) is 2.27. The lowest BCUT2D eigenvalue weighted by Gasteiger charge is -2.10. The Hall–Kier alpha value is -0.480. The van der Waals surface area contributed by atoms with Crippen LogP contribution in [0.3, 0.4) is 0 Å². The number of aromatic nitrogens is 1. The summed E-state index contributed by atoms with van der Waals surface area (Å²) in [7, 11) is 0. The number of nitrogens with zero attached hydrogens (tertiary/aromatic N) is 1. The standard InChI is InChI=1S/C9H15FN2S/c1-6(11-5-4-10)9-7(2)12-8(3)13-9/h6,11H,4-5H2,1-3H3. The summed E-state index contributed by atoms with van der Waals surface area (Å²) in [6, 6.07) is 0.210. The molecule has 0 saturated heterocycles. The van der Waals surface area contributed by atoms with E-state index in [1.165, 1.54) is 4.88 Å². The molecule has 0 spiro atoms. The molecule has 0 saturated carbocycles. The molecule has 4 heteroatoms. The Labute approximate surface area is 82.2 Å². The minimum absolute atomic E-state index is 0.210. The van der Waals surface area contributed by atoms with E-state index in [-0.39, 0.29) is 12.7 Å². The number of halogens is 1. The Morgan fingerprint density at radius 3 is 2.69 bits per heavy atom. The van der Waals surface area contributed by atoms with Gasteiger partial charge in [-0.2, -0.15) is 0 Å². The van der Waals surface area contributed by atoms with Crippen LogP contribution >= 0.6 is 11.3 Å². The third-order valence-electron chi connectivity index (χ3n) is 1.88. The molecule has 1 aromatic heterocycles. The van der Waals surface area contributed by atoms with E-state index in [2.05, 4.69) is 10.3 Å². The molecule has 1 atom stereocenters. The van der Waals surface area contributed by atoms with E-state index in [0.29, 0.717) is 6.54 Å². The molecule has 1 N–H and O–H groups in total. The smallest absolute Gasteiger partial charge is 0.102 e. The Morgan fingerprint density at radius 1 is 1.54 bits per heavy atom. The van der Waals surface area contributed by atoms with Crippen molar-refractivity contribution < 1.29 is 4.39 Å². The van der Waals surface area contributed by atoms with Gasteiger partial charge in [0.05, 0.1) is 10.7 Å². The van der Waals surface area contributed by atoms with E-state index in [4.69, 9.17) is 0 Å². The first-order valence-corrected chi connectivity index (χ1v) is 5.20. The van der Waals surface area contributed by atoms with Crippen LogP contribution in [0.15, 0.2) is 0 Å². The van der Waals surface area contributed by atoms with E-state index in [1.54, 1.807) is 11.3 Å². The monoisotopic (exact) mass is 202 g/mol. The summed E-state index contributed by atoms with van der Waals surface area (Å²) in [6.45, 7) is 6.11. The molecule has 0 fully saturated rings. The summed E-state index contributed by atoms with van der Waals surface area (Å²) < 4.78 is 11.9. The third kappa shape index (κ3) is 2.74. The SMILES string of the molecule is Cc1nc(C)c(C(C)NCCF)s1. The highest BCUT2D eigenvalue weighted by Gasteiger charge is 2.11. The lowest BCUT2D eigenvalue weighted by molar-refractivity contribution is 0.445. The van der Waals surface area contributed by atoms with Crippen LogP contribution in [0.25, 0.3) is 0 Å². The van der Waals surface area contributed by atoms with Gasteiger partial charge >= 0.3 is 0 Å². The lowest BCUT2D eigenvalue weighted by Crippen LogP contribution is -2.20. The van der Waals surface area contributed by atoms with Crippen molar-refractivity contribution in [3.8, 4) is 0 Å². The highest BCUT2D eigenvalue weighted by molar-refractivity contribution is 7.11. The van der Waals surface area contributed by atoms with E-state index < -0.39 is 0 Å². The summed E-state index contributed by atoms with van der Waals surface area (Å²) in [5.74, 6) is 0. The number of nitrogens with one attached hydrogen (secondary N) is 1. The number of aryl methyl sites for hydroxylation is 2. The average Bonchev–Trinajstić information content (AvgIpc) is 2.41. The van der Waals surface area contributed by atoms with Gasteiger partial charge in [-0.1, -0.05) is 0 Å². The van der Waals surface area contributed by atoms with Crippen LogP contribution in [0, 0.1) is 13.8 Å². The predicted molar refractivity (Wildman–Crippen MR) is 54.0 cm³/mol. The van der Waals surface area contributed by atoms with Crippen molar-refractivity contribution in [3.05, 3.63) is 15.6 Å². The van der Waals surface area contributed by atoms with Gasteiger partial charge in [0.25, 0.3) is 0 Å². The largest absolute Gasteiger partial charge is 0.307 e. The van der Waals surface area contributed by atoms with Gasteiger partial charge in [-0.25, -0.2) is 9.37 Å². The van der Waals surface area contributed by atoms with Crippen molar-refractivity contribution >= 4 is 11.3 Å². The highest BCUT2D eigenvalue weighted by atomic mass is 32.1. The Morgan fingerprint density at radius 2 is 2.23 bits per heavy atom. The van der Waals surface area contributed by atoms with Crippen molar-refractivity contribution in [1.29, 1.82) is 0 Å². The Kier molecular flexibility index (Phi) is 3.81. The third-order valence-corrected chi connectivity index (χ3v) is 3.13. The van der Waals surface area contributed by atoms with Gasteiger partial charge in [0.2, 0.25) is 0 Å². The van der Waals surface area contributed by atoms with Gasteiger partial charge in [0.1, 0.15) is 6.67 Å². The number of hydrogen-bond donors (Lipinski definition) is 1.